The number of ether oxygens (including phenoxy) is 2. The normalized spacial score (nSPS) is 11.6. The Morgan fingerprint density at radius 2 is 2.04 bits per heavy atom. The second kappa shape index (κ2) is 6.95. The van der Waals surface area contributed by atoms with Crippen molar-refractivity contribution in [1.29, 1.82) is 0 Å². The fraction of sp³-hybridized carbons (Fsp3) is 0.188. The van der Waals surface area contributed by atoms with Crippen LogP contribution in [0.3, 0.4) is 0 Å². The van der Waals surface area contributed by atoms with E-state index in [1.807, 2.05) is 12.1 Å². The molecule has 0 aliphatic rings. The molecular formula is C16H17N3O4S2. The number of pyridine rings is 1. The van der Waals surface area contributed by atoms with Gasteiger partial charge in [-0.25, -0.2) is 13.4 Å². The van der Waals surface area contributed by atoms with Crippen LogP contribution in [-0.4, -0.2) is 31.8 Å². The van der Waals surface area contributed by atoms with Gasteiger partial charge in [0.05, 0.1) is 18.8 Å². The first-order valence-electron chi connectivity index (χ1n) is 7.26. The second-order valence-electron chi connectivity index (χ2n) is 5.40. The van der Waals surface area contributed by atoms with Gasteiger partial charge in [-0.05, 0) is 24.3 Å². The van der Waals surface area contributed by atoms with Gasteiger partial charge in [0, 0.05) is 29.2 Å². The number of aromatic amines is 1. The van der Waals surface area contributed by atoms with Gasteiger partial charge in [-0.15, -0.1) is 0 Å². The SMILES string of the molecule is COc1cc(Oc2ccc(S(C)(=O)=O)nc2)cc2cc(CSN)[nH]c12. The number of sulfone groups is 1. The van der Waals surface area contributed by atoms with Crippen molar-refractivity contribution >= 4 is 32.7 Å². The van der Waals surface area contributed by atoms with E-state index in [0.29, 0.717) is 23.0 Å². The molecule has 3 N–H and O–H groups in total. The van der Waals surface area contributed by atoms with Crippen LogP contribution in [0.4, 0.5) is 0 Å². The van der Waals surface area contributed by atoms with Gasteiger partial charge in [0.25, 0.3) is 0 Å². The molecule has 132 valence electrons. The lowest BCUT2D eigenvalue weighted by molar-refractivity contribution is 0.413. The zero-order chi connectivity index (χ0) is 18.0. The van der Waals surface area contributed by atoms with Gasteiger partial charge in [0.15, 0.2) is 14.9 Å². The Hall–Kier alpha value is -2.23. The number of nitrogens with two attached hydrogens (primary N) is 1. The Bertz CT molecular complexity index is 998. The van der Waals surface area contributed by atoms with Gasteiger partial charge in [0.2, 0.25) is 0 Å². The smallest absolute Gasteiger partial charge is 0.192 e. The van der Waals surface area contributed by atoms with Crippen molar-refractivity contribution < 1.29 is 17.9 Å². The van der Waals surface area contributed by atoms with E-state index in [9.17, 15) is 8.42 Å². The Morgan fingerprint density at radius 1 is 1.24 bits per heavy atom. The average molecular weight is 379 g/mol. The van der Waals surface area contributed by atoms with E-state index in [0.717, 1.165) is 22.9 Å². The topological polar surface area (TPSA) is 107 Å². The zero-order valence-corrected chi connectivity index (χ0v) is 15.3. The van der Waals surface area contributed by atoms with Crippen LogP contribution < -0.4 is 14.6 Å². The molecule has 7 nitrogen and oxygen atoms in total. The summed E-state index contributed by atoms with van der Waals surface area (Å²) >= 11 is 1.23. The number of hydrogen-bond acceptors (Lipinski definition) is 7. The number of hydrogen-bond donors (Lipinski definition) is 2. The summed E-state index contributed by atoms with van der Waals surface area (Å²) in [5, 5.41) is 6.45. The summed E-state index contributed by atoms with van der Waals surface area (Å²) in [5.74, 6) is 2.29. The lowest BCUT2D eigenvalue weighted by Crippen LogP contribution is -1.99. The quantitative estimate of drug-likeness (QED) is 0.634. The highest BCUT2D eigenvalue weighted by Crippen LogP contribution is 2.34. The average Bonchev–Trinajstić information content (AvgIpc) is 2.96. The first kappa shape index (κ1) is 17.6. The fourth-order valence-electron chi connectivity index (χ4n) is 2.41. The highest BCUT2D eigenvalue weighted by molar-refractivity contribution is 7.96. The molecule has 0 atom stereocenters. The predicted molar refractivity (Wildman–Crippen MR) is 97.8 cm³/mol. The van der Waals surface area contributed by atoms with Gasteiger partial charge in [-0.3, -0.25) is 5.14 Å². The summed E-state index contributed by atoms with van der Waals surface area (Å²) in [5.41, 5.74) is 1.85. The fourth-order valence-corrected chi connectivity index (χ4v) is 3.31. The van der Waals surface area contributed by atoms with Crippen molar-refractivity contribution in [3.8, 4) is 17.2 Å². The molecule has 0 unspecified atom stereocenters. The van der Waals surface area contributed by atoms with Crippen LogP contribution in [0, 0.1) is 0 Å². The Morgan fingerprint density at radius 3 is 2.64 bits per heavy atom. The third-order valence-electron chi connectivity index (χ3n) is 3.51. The molecule has 3 rings (SSSR count). The molecule has 9 heteroatoms. The van der Waals surface area contributed by atoms with Gasteiger partial charge in [-0.2, -0.15) is 0 Å². The molecule has 2 aromatic heterocycles. The van der Waals surface area contributed by atoms with E-state index in [4.69, 9.17) is 14.6 Å². The third-order valence-corrected chi connectivity index (χ3v) is 4.98. The second-order valence-corrected chi connectivity index (χ2v) is 7.99. The van der Waals surface area contributed by atoms with Crippen molar-refractivity contribution in [2.45, 2.75) is 10.8 Å². The molecule has 25 heavy (non-hydrogen) atoms. The first-order chi connectivity index (χ1) is 11.9. The maximum Gasteiger partial charge on any atom is 0.192 e. The highest BCUT2D eigenvalue weighted by atomic mass is 32.2. The van der Waals surface area contributed by atoms with Crippen molar-refractivity contribution in [2.24, 2.45) is 5.14 Å². The zero-order valence-electron chi connectivity index (χ0n) is 13.6. The number of methoxy groups -OCH3 is 1. The van der Waals surface area contributed by atoms with E-state index in [2.05, 4.69) is 9.97 Å². The number of fused-ring (bicyclic) bond motifs is 1. The van der Waals surface area contributed by atoms with Crippen LogP contribution in [0.25, 0.3) is 10.9 Å². The maximum atomic E-state index is 11.5. The maximum absolute atomic E-state index is 11.5. The van der Waals surface area contributed by atoms with E-state index in [1.54, 1.807) is 19.2 Å². The molecule has 0 bridgehead atoms. The largest absolute Gasteiger partial charge is 0.494 e. The lowest BCUT2D eigenvalue weighted by Gasteiger charge is -2.09. The third kappa shape index (κ3) is 3.89. The Labute approximate surface area is 149 Å². The molecule has 2 heterocycles. The molecule has 1 aromatic carbocycles. The van der Waals surface area contributed by atoms with Crippen LogP contribution in [0.15, 0.2) is 41.6 Å². The summed E-state index contributed by atoms with van der Waals surface area (Å²) in [4.78, 5) is 7.18. The molecule has 0 aliphatic heterocycles. The minimum Gasteiger partial charge on any atom is -0.494 e. The number of nitrogens with one attached hydrogen (secondary N) is 1. The minimum absolute atomic E-state index is 0.00226. The van der Waals surface area contributed by atoms with E-state index < -0.39 is 9.84 Å². The van der Waals surface area contributed by atoms with Crippen LogP contribution in [-0.2, 0) is 15.6 Å². The van der Waals surface area contributed by atoms with Crippen LogP contribution >= 0.6 is 11.9 Å². The van der Waals surface area contributed by atoms with Crippen LogP contribution in [0.1, 0.15) is 5.69 Å². The lowest BCUT2D eigenvalue weighted by atomic mass is 10.2. The van der Waals surface area contributed by atoms with E-state index in [-0.39, 0.29) is 5.03 Å². The number of benzene rings is 1. The summed E-state index contributed by atoms with van der Waals surface area (Å²) in [6.07, 6.45) is 2.48. The molecule has 0 spiro atoms. The Balaban J connectivity index is 1.93. The van der Waals surface area contributed by atoms with Crippen LogP contribution in [0.5, 0.6) is 17.2 Å². The minimum atomic E-state index is -3.34. The van der Waals surface area contributed by atoms with Crippen molar-refractivity contribution in [1.82, 2.24) is 9.97 Å². The number of rotatable bonds is 6. The van der Waals surface area contributed by atoms with Crippen LogP contribution in [0.2, 0.25) is 0 Å². The first-order valence-corrected chi connectivity index (χ1v) is 10.2. The van der Waals surface area contributed by atoms with Crippen molar-refractivity contribution in [3.05, 3.63) is 42.2 Å². The predicted octanol–water partition coefficient (Wildman–Crippen LogP) is 2.87. The molecule has 0 radical (unpaired) electrons. The number of nitrogens with zero attached hydrogens (tertiary/aromatic N) is 1. The van der Waals surface area contributed by atoms with Gasteiger partial charge >= 0.3 is 0 Å². The molecule has 3 aromatic rings. The monoisotopic (exact) mass is 379 g/mol. The molecule has 0 aliphatic carbocycles. The van der Waals surface area contributed by atoms with Gasteiger partial charge < -0.3 is 14.5 Å². The highest BCUT2D eigenvalue weighted by Gasteiger charge is 2.12. The molecule has 0 saturated carbocycles. The summed E-state index contributed by atoms with van der Waals surface area (Å²) in [7, 11) is -1.76. The molecule has 0 saturated heterocycles. The number of H-pyrrole nitrogens is 1. The number of aromatic nitrogens is 2. The summed E-state index contributed by atoms with van der Waals surface area (Å²) in [6.45, 7) is 0. The molecule has 0 fully saturated rings. The van der Waals surface area contributed by atoms with Gasteiger partial charge in [-0.1, -0.05) is 11.9 Å². The van der Waals surface area contributed by atoms with E-state index in [1.165, 1.54) is 24.2 Å². The molecule has 0 amide bonds. The molecular weight excluding hydrogens is 362 g/mol. The van der Waals surface area contributed by atoms with E-state index >= 15 is 0 Å². The Kier molecular flexibility index (Phi) is 4.89. The standard InChI is InChI=1S/C16H17N3O4S2/c1-22-14-7-13(6-10-5-11(9-24-17)19-16(10)14)23-12-3-4-15(18-8-12)25(2,20)21/h3-8,19H,9,17H2,1-2H3. The summed E-state index contributed by atoms with van der Waals surface area (Å²) in [6, 6.07) is 8.57. The summed E-state index contributed by atoms with van der Waals surface area (Å²) < 4.78 is 34.1. The van der Waals surface area contributed by atoms with Crippen molar-refractivity contribution in [2.75, 3.05) is 13.4 Å². The van der Waals surface area contributed by atoms with Gasteiger partial charge in [0.1, 0.15) is 17.2 Å². The van der Waals surface area contributed by atoms with Crippen molar-refractivity contribution in [3.63, 3.8) is 0 Å².